The van der Waals surface area contributed by atoms with Gasteiger partial charge in [-0.05, 0) is 26.8 Å². The first-order valence-corrected chi connectivity index (χ1v) is 7.47. The van der Waals surface area contributed by atoms with Crippen molar-refractivity contribution in [3.8, 4) is 6.07 Å². The van der Waals surface area contributed by atoms with E-state index in [9.17, 15) is 10.1 Å². The second-order valence-corrected chi connectivity index (χ2v) is 5.79. The molecule has 0 radical (unpaired) electrons. The SMILES string of the molecule is CCOC(=O)CSC([S-])=C(C#N)[n+]1cc(C)cc(C)c1. The number of nitriles is 1. The fourth-order valence-corrected chi connectivity index (χ4v) is 2.59. The Morgan fingerprint density at radius 1 is 1.45 bits per heavy atom. The third kappa shape index (κ3) is 4.83. The molecule has 0 spiro atoms. The maximum Gasteiger partial charge on any atom is 0.316 e. The molecule has 0 aliphatic heterocycles. The standard InChI is InChI=1S/C14H16N2O2S2/c1-4-18-13(17)9-20-14(19)12(6-15)16-7-10(2)5-11(3)8-16/h5,7-8H,4,9H2,1-3H3. The minimum absolute atomic E-state index is 0.114. The fraction of sp³-hybridized carbons (Fsp3) is 0.357. The van der Waals surface area contributed by atoms with Gasteiger partial charge < -0.3 is 17.4 Å². The molecule has 0 amide bonds. The summed E-state index contributed by atoms with van der Waals surface area (Å²) in [5.41, 5.74) is 2.42. The highest BCUT2D eigenvalue weighted by molar-refractivity contribution is 8.11. The van der Waals surface area contributed by atoms with Gasteiger partial charge >= 0.3 is 5.97 Å². The number of aromatic nitrogens is 1. The van der Waals surface area contributed by atoms with Crippen LogP contribution in [0.4, 0.5) is 0 Å². The van der Waals surface area contributed by atoms with Crippen molar-refractivity contribution in [2.45, 2.75) is 20.8 Å². The van der Waals surface area contributed by atoms with Crippen molar-refractivity contribution < 1.29 is 14.1 Å². The van der Waals surface area contributed by atoms with E-state index >= 15 is 0 Å². The number of hydrogen-bond donors (Lipinski definition) is 0. The van der Waals surface area contributed by atoms with Crippen molar-refractivity contribution in [3.63, 3.8) is 0 Å². The third-order valence-corrected chi connectivity index (χ3v) is 3.71. The smallest absolute Gasteiger partial charge is 0.316 e. The number of carbonyl (C=O) groups is 1. The highest BCUT2D eigenvalue weighted by Crippen LogP contribution is 2.18. The van der Waals surface area contributed by atoms with Gasteiger partial charge in [0.2, 0.25) is 0 Å². The lowest BCUT2D eigenvalue weighted by atomic mass is 10.2. The summed E-state index contributed by atoms with van der Waals surface area (Å²) in [5, 5.41) is 9.28. The average Bonchev–Trinajstić information content (AvgIpc) is 2.36. The van der Waals surface area contributed by atoms with E-state index in [-0.39, 0.29) is 11.7 Å². The van der Waals surface area contributed by atoms with Gasteiger partial charge in [-0.1, -0.05) is 4.24 Å². The number of rotatable bonds is 5. The molecule has 1 aromatic rings. The predicted molar refractivity (Wildman–Crippen MR) is 81.4 cm³/mol. The monoisotopic (exact) mass is 308 g/mol. The Hall–Kier alpha value is -1.58. The summed E-state index contributed by atoms with van der Waals surface area (Å²) in [4.78, 5) is 11.3. The lowest BCUT2D eigenvalue weighted by Crippen LogP contribution is -2.32. The molecule has 0 bridgehead atoms. The minimum atomic E-state index is -0.331. The van der Waals surface area contributed by atoms with Gasteiger partial charge in [0.05, 0.1) is 12.4 Å². The summed E-state index contributed by atoms with van der Waals surface area (Å²) < 4.78 is 6.92. The summed E-state index contributed by atoms with van der Waals surface area (Å²) in [6, 6.07) is 4.11. The van der Waals surface area contributed by atoms with Crippen LogP contribution in [0.2, 0.25) is 0 Å². The van der Waals surface area contributed by atoms with Gasteiger partial charge in [-0.3, -0.25) is 4.79 Å². The van der Waals surface area contributed by atoms with Crippen LogP contribution in [0, 0.1) is 25.2 Å². The second-order valence-electron chi connectivity index (χ2n) is 4.14. The Morgan fingerprint density at radius 3 is 2.55 bits per heavy atom. The maximum absolute atomic E-state index is 11.3. The van der Waals surface area contributed by atoms with Crippen molar-refractivity contribution in [1.29, 1.82) is 5.26 Å². The Morgan fingerprint density at radius 2 is 2.05 bits per heavy atom. The zero-order chi connectivity index (χ0) is 15.1. The fourth-order valence-electron chi connectivity index (χ4n) is 1.64. The van der Waals surface area contributed by atoms with Gasteiger partial charge in [-0.25, -0.2) is 0 Å². The van der Waals surface area contributed by atoms with E-state index in [4.69, 9.17) is 17.4 Å². The zero-order valence-corrected chi connectivity index (χ0v) is 13.3. The molecule has 20 heavy (non-hydrogen) atoms. The van der Waals surface area contributed by atoms with E-state index in [1.807, 2.05) is 32.3 Å². The largest absolute Gasteiger partial charge is 0.766 e. The molecule has 0 unspecified atom stereocenters. The van der Waals surface area contributed by atoms with Crippen LogP contribution in [0.5, 0.6) is 0 Å². The van der Waals surface area contributed by atoms with Crippen molar-refractivity contribution in [3.05, 3.63) is 33.8 Å². The molecule has 0 fully saturated rings. The molecule has 4 nitrogen and oxygen atoms in total. The van der Waals surface area contributed by atoms with Gasteiger partial charge in [0.15, 0.2) is 18.5 Å². The molecule has 0 saturated heterocycles. The van der Waals surface area contributed by atoms with E-state index < -0.39 is 0 Å². The Bertz CT molecular complexity index is 557. The number of esters is 1. The number of aryl methyl sites for hydroxylation is 2. The summed E-state index contributed by atoms with van der Waals surface area (Å²) in [6.07, 6.45) is 3.67. The number of pyridine rings is 1. The number of hydrogen-bond acceptors (Lipinski definition) is 5. The van der Waals surface area contributed by atoms with Crippen LogP contribution in [0.3, 0.4) is 0 Å². The van der Waals surface area contributed by atoms with Crippen molar-refractivity contribution in [2.24, 2.45) is 0 Å². The Labute approximate surface area is 128 Å². The van der Waals surface area contributed by atoms with Gasteiger partial charge in [0, 0.05) is 11.1 Å². The summed E-state index contributed by atoms with van der Waals surface area (Å²) >= 11 is 6.36. The topological polar surface area (TPSA) is 54.0 Å². The maximum atomic E-state index is 11.3. The third-order valence-electron chi connectivity index (χ3n) is 2.32. The van der Waals surface area contributed by atoms with E-state index in [2.05, 4.69) is 6.07 Å². The van der Waals surface area contributed by atoms with E-state index in [0.29, 0.717) is 16.5 Å². The van der Waals surface area contributed by atoms with Crippen LogP contribution >= 0.6 is 11.8 Å². The van der Waals surface area contributed by atoms with Crippen LogP contribution in [-0.4, -0.2) is 18.3 Å². The van der Waals surface area contributed by atoms with Crippen molar-refractivity contribution in [2.75, 3.05) is 12.4 Å². The predicted octanol–water partition coefficient (Wildman–Crippen LogP) is 2.08. The van der Waals surface area contributed by atoms with E-state index in [1.54, 1.807) is 11.5 Å². The first-order chi connectivity index (χ1) is 9.47. The van der Waals surface area contributed by atoms with Gasteiger partial charge in [-0.15, -0.1) is 11.8 Å². The number of carbonyl (C=O) groups excluding carboxylic acids is 1. The molecule has 0 saturated carbocycles. The first-order valence-electron chi connectivity index (χ1n) is 6.07. The van der Waals surface area contributed by atoms with Crippen LogP contribution in [0.15, 0.2) is 22.7 Å². The first kappa shape index (κ1) is 16.5. The van der Waals surface area contributed by atoms with Crippen molar-refractivity contribution >= 4 is 36.1 Å². The van der Waals surface area contributed by atoms with Crippen LogP contribution in [-0.2, 0) is 22.2 Å². The highest BCUT2D eigenvalue weighted by Gasteiger charge is 2.12. The quantitative estimate of drug-likeness (QED) is 0.361. The molecule has 0 atom stereocenters. The van der Waals surface area contributed by atoms with Gasteiger partial charge in [0.1, 0.15) is 0 Å². The Balaban J connectivity index is 2.95. The molecule has 106 valence electrons. The zero-order valence-electron chi connectivity index (χ0n) is 11.7. The minimum Gasteiger partial charge on any atom is -0.766 e. The van der Waals surface area contributed by atoms with Gasteiger partial charge in [0.25, 0.3) is 5.70 Å². The normalized spacial score (nSPS) is 11.5. The second kappa shape index (κ2) is 7.88. The Kier molecular flexibility index (Phi) is 6.49. The number of nitrogens with zero attached hydrogens (tertiary/aromatic N) is 2. The van der Waals surface area contributed by atoms with Crippen LogP contribution in [0.25, 0.3) is 5.70 Å². The molecule has 1 heterocycles. The van der Waals surface area contributed by atoms with Crippen LogP contribution in [0.1, 0.15) is 18.1 Å². The molecular formula is C14H16N2O2S2. The number of thioether (sulfide) groups is 1. The highest BCUT2D eigenvalue weighted by atomic mass is 32.2. The average molecular weight is 308 g/mol. The molecule has 0 aromatic carbocycles. The summed E-state index contributed by atoms with van der Waals surface area (Å²) in [5.74, 6) is -0.217. The van der Waals surface area contributed by atoms with E-state index in [1.165, 1.54) is 0 Å². The molecule has 0 N–H and O–H groups in total. The lowest BCUT2D eigenvalue weighted by Gasteiger charge is -2.10. The molecular weight excluding hydrogens is 292 g/mol. The molecule has 0 aliphatic carbocycles. The van der Waals surface area contributed by atoms with E-state index in [0.717, 1.165) is 22.9 Å². The molecule has 0 aliphatic rings. The van der Waals surface area contributed by atoms with Crippen LogP contribution < -0.4 is 4.57 Å². The molecule has 1 rings (SSSR count). The molecule has 1 aromatic heterocycles. The lowest BCUT2D eigenvalue weighted by molar-refractivity contribution is -0.578. The summed E-state index contributed by atoms with van der Waals surface area (Å²) in [6.45, 7) is 5.99. The summed E-state index contributed by atoms with van der Waals surface area (Å²) in [7, 11) is 0. The number of allylic oxidation sites excluding steroid dienone is 1. The number of ether oxygens (including phenoxy) is 1. The van der Waals surface area contributed by atoms with Crippen molar-refractivity contribution in [1.82, 2.24) is 0 Å². The van der Waals surface area contributed by atoms with Gasteiger partial charge in [-0.2, -0.15) is 9.83 Å². The molecule has 6 heteroatoms.